The third-order valence-corrected chi connectivity index (χ3v) is 3.49. The molecule has 1 amide bonds. The number of carboxylic acid groups (broad SMARTS) is 1. The van der Waals surface area contributed by atoms with Gasteiger partial charge in [0, 0.05) is 18.7 Å². The average molecular weight is 347 g/mol. The first-order valence-electron chi connectivity index (χ1n) is 7.53. The molecule has 25 heavy (non-hydrogen) atoms. The number of nitrogens with zero attached hydrogens (tertiary/aromatic N) is 5. The van der Waals surface area contributed by atoms with Gasteiger partial charge in [0.2, 0.25) is 0 Å². The number of nitro benzene ring substituents is 1. The molecule has 0 atom stereocenters. The highest BCUT2D eigenvalue weighted by Crippen LogP contribution is 2.19. The Bertz CT molecular complexity index is 816. The number of hydrogen-bond acceptors (Lipinski definition) is 6. The summed E-state index contributed by atoms with van der Waals surface area (Å²) < 4.78 is 1.31. The van der Waals surface area contributed by atoms with Gasteiger partial charge in [0.1, 0.15) is 6.54 Å². The predicted molar refractivity (Wildman–Crippen MR) is 86.6 cm³/mol. The maximum atomic E-state index is 12.5. The van der Waals surface area contributed by atoms with Gasteiger partial charge in [-0.25, -0.2) is 4.68 Å². The van der Waals surface area contributed by atoms with Crippen LogP contribution in [0, 0.1) is 17.0 Å². The number of carbonyl (C=O) groups is 2. The molecule has 1 N–H and O–H groups in total. The van der Waals surface area contributed by atoms with Crippen molar-refractivity contribution in [3.63, 3.8) is 0 Å². The number of aliphatic carboxylic acids is 1. The Hall–Kier alpha value is -3.30. The van der Waals surface area contributed by atoms with Crippen molar-refractivity contribution in [2.24, 2.45) is 0 Å². The van der Waals surface area contributed by atoms with E-state index in [0.29, 0.717) is 17.8 Å². The Kier molecular flexibility index (Phi) is 5.42. The lowest BCUT2D eigenvalue weighted by Gasteiger charge is -2.18. The van der Waals surface area contributed by atoms with Crippen LogP contribution in [0.1, 0.15) is 29.5 Å². The molecule has 1 aromatic heterocycles. The van der Waals surface area contributed by atoms with E-state index in [9.17, 15) is 19.7 Å². The van der Waals surface area contributed by atoms with Crippen molar-refractivity contribution >= 4 is 17.6 Å². The predicted octanol–water partition coefficient (Wildman–Crippen LogP) is 1.42. The molecule has 1 heterocycles. The van der Waals surface area contributed by atoms with Crippen LogP contribution in [-0.2, 0) is 4.79 Å². The smallest absolute Gasteiger partial charge is 0.323 e. The van der Waals surface area contributed by atoms with Crippen LogP contribution in [0.2, 0.25) is 0 Å². The summed E-state index contributed by atoms with van der Waals surface area (Å²) in [6.07, 6.45) is 0.594. The van der Waals surface area contributed by atoms with Crippen LogP contribution in [0.15, 0.2) is 24.3 Å². The number of non-ortho nitro benzene ring substituents is 1. The van der Waals surface area contributed by atoms with Gasteiger partial charge in [-0.3, -0.25) is 19.7 Å². The summed E-state index contributed by atoms with van der Waals surface area (Å²) in [6.45, 7) is 3.26. The molecule has 10 heteroatoms. The zero-order valence-electron chi connectivity index (χ0n) is 13.7. The average Bonchev–Trinajstić information content (AvgIpc) is 2.95. The molecule has 0 saturated heterocycles. The third-order valence-electron chi connectivity index (χ3n) is 3.49. The minimum Gasteiger partial charge on any atom is -0.480 e. The van der Waals surface area contributed by atoms with Gasteiger partial charge in [-0.2, -0.15) is 0 Å². The molecule has 0 saturated carbocycles. The molecule has 0 unspecified atom stereocenters. The van der Waals surface area contributed by atoms with Crippen molar-refractivity contribution in [1.82, 2.24) is 19.9 Å². The summed E-state index contributed by atoms with van der Waals surface area (Å²) >= 11 is 0. The highest BCUT2D eigenvalue weighted by Gasteiger charge is 2.24. The summed E-state index contributed by atoms with van der Waals surface area (Å²) in [5, 5.41) is 27.5. The van der Waals surface area contributed by atoms with E-state index in [1.807, 2.05) is 6.92 Å². The Balaban J connectivity index is 2.37. The van der Waals surface area contributed by atoms with E-state index in [0.717, 1.165) is 0 Å². The highest BCUT2D eigenvalue weighted by molar-refractivity contribution is 5.95. The van der Waals surface area contributed by atoms with Gasteiger partial charge in [0.25, 0.3) is 11.6 Å². The molecular weight excluding hydrogens is 330 g/mol. The number of hydrogen-bond donors (Lipinski definition) is 1. The fourth-order valence-electron chi connectivity index (χ4n) is 2.35. The van der Waals surface area contributed by atoms with Gasteiger partial charge in [0.15, 0.2) is 5.69 Å². The van der Waals surface area contributed by atoms with Crippen molar-refractivity contribution in [1.29, 1.82) is 0 Å². The largest absolute Gasteiger partial charge is 0.480 e. The monoisotopic (exact) mass is 347 g/mol. The highest BCUT2D eigenvalue weighted by atomic mass is 16.6. The molecule has 0 aliphatic carbocycles. The van der Waals surface area contributed by atoms with Crippen molar-refractivity contribution in [2.75, 3.05) is 13.1 Å². The van der Waals surface area contributed by atoms with E-state index in [-0.39, 0.29) is 17.9 Å². The van der Waals surface area contributed by atoms with Crippen LogP contribution in [0.25, 0.3) is 5.69 Å². The van der Waals surface area contributed by atoms with Crippen molar-refractivity contribution in [3.8, 4) is 5.69 Å². The molecular formula is C15H17N5O5. The second-order valence-electron chi connectivity index (χ2n) is 5.33. The fourth-order valence-corrected chi connectivity index (χ4v) is 2.35. The fraction of sp³-hybridized carbons (Fsp3) is 0.333. The van der Waals surface area contributed by atoms with E-state index in [2.05, 4.69) is 10.3 Å². The topological polar surface area (TPSA) is 131 Å². The first-order chi connectivity index (χ1) is 11.8. The van der Waals surface area contributed by atoms with Gasteiger partial charge < -0.3 is 10.0 Å². The minimum absolute atomic E-state index is 0.0150. The van der Waals surface area contributed by atoms with E-state index in [1.165, 1.54) is 27.8 Å². The lowest BCUT2D eigenvalue weighted by Crippen LogP contribution is -2.36. The second kappa shape index (κ2) is 7.51. The molecule has 0 spiro atoms. The number of aromatic nitrogens is 3. The van der Waals surface area contributed by atoms with E-state index >= 15 is 0 Å². The lowest BCUT2D eigenvalue weighted by atomic mass is 10.2. The Morgan fingerprint density at radius 1 is 1.40 bits per heavy atom. The summed E-state index contributed by atoms with van der Waals surface area (Å²) in [4.78, 5) is 35.0. The molecule has 0 aliphatic heterocycles. The van der Waals surface area contributed by atoms with E-state index < -0.39 is 23.3 Å². The lowest BCUT2D eigenvalue weighted by molar-refractivity contribution is -0.384. The van der Waals surface area contributed by atoms with Crippen LogP contribution in [0.3, 0.4) is 0 Å². The number of amides is 1. The van der Waals surface area contributed by atoms with Crippen molar-refractivity contribution < 1.29 is 19.6 Å². The van der Waals surface area contributed by atoms with E-state index in [1.54, 1.807) is 13.0 Å². The van der Waals surface area contributed by atoms with E-state index in [4.69, 9.17) is 5.11 Å². The number of nitro groups is 1. The molecule has 10 nitrogen and oxygen atoms in total. The number of benzene rings is 1. The van der Waals surface area contributed by atoms with Gasteiger partial charge in [-0.15, -0.1) is 5.10 Å². The van der Waals surface area contributed by atoms with Crippen LogP contribution in [0.4, 0.5) is 5.69 Å². The molecule has 0 aliphatic rings. The first-order valence-corrected chi connectivity index (χ1v) is 7.53. The summed E-state index contributed by atoms with van der Waals surface area (Å²) in [5.41, 5.74) is 0.662. The maximum Gasteiger partial charge on any atom is 0.323 e. The Labute approximate surface area is 142 Å². The van der Waals surface area contributed by atoms with Gasteiger partial charge in [0.05, 0.1) is 16.3 Å². The normalized spacial score (nSPS) is 10.5. The third kappa shape index (κ3) is 3.97. The quantitative estimate of drug-likeness (QED) is 0.591. The van der Waals surface area contributed by atoms with Crippen molar-refractivity contribution in [3.05, 3.63) is 45.8 Å². The maximum absolute atomic E-state index is 12.5. The number of carbonyl (C=O) groups excluding carboxylic acids is 1. The molecule has 0 fully saturated rings. The van der Waals surface area contributed by atoms with Gasteiger partial charge >= 0.3 is 5.97 Å². The molecule has 0 radical (unpaired) electrons. The van der Waals surface area contributed by atoms with Crippen LogP contribution >= 0.6 is 0 Å². The molecule has 0 bridgehead atoms. The van der Waals surface area contributed by atoms with Crippen LogP contribution in [-0.4, -0.2) is 54.9 Å². The number of carboxylic acids is 1. The summed E-state index contributed by atoms with van der Waals surface area (Å²) in [7, 11) is 0. The zero-order valence-corrected chi connectivity index (χ0v) is 13.7. The molecule has 132 valence electrons. The molecule has 1 aromatic carbocycles. The Morgan fingerprint density at radius 3 is 2.72 bits per heavy atom. The second-order valence-corrected chi connectivity index (χ2v) is 5.33. The summed E-state index contributed by atoms with van der Waals surface area (Å²) in [6, 6.07) is 5.77. The van der Waals surface area contributed by atoms with Gasteiger partial charge in [-0.1, -0.05) is 18.2 Å². The summed E-state index contributed by atoms with van der Waals surface area (Å²) in [5.74, 6) is -1.66. The molecule has 2 aromatic rings. The Morgan fingerprint density at radius 2 is 2.12 bits per heavy atom. The van der Waals surface area contributed by atoms with Crippen LogP contribution in [0.5, 0.6) is 0 Å². The SMILES string of the molecule is CCCN(CC(=O)O)C(=O)c1nnn(-c2cccc([N+](=O)[O-])c2)c1C. The zero-order chi connectivity index (χ0) is 18.6. The van der Waals surface area contributed by atoms with Gasteiger partial charge in [-0.05, 0) is 19.4 Å². The van der Waals surface area contributed by atoms with Crippen LogP contribution < -0.4 is 0 Å². The first kappa shape index (κ1) is 18.0. The van der Waals surface area contributed by atoms with Crippen molar-refractivity contribution in [2.45, 2.75) is 20.3 Å². The molecule has 2 rings (SSSR count). The standard InChI is InChI=1S/C15H17N5O5/c1-3-7-18(9-13(21)22)15(23)14-10(2)19(17-16-14)11-5-4-6-12(8-11)20(24)25/h4-6,8H,3,7,9H2,1-2H3,(H,21,22). The minimum atomic E-state index is -1.12. The number of rotatable bonds is 7.